The maximum Gasteiger partial charge on any atom is 0.541 e. The molecule has 0 aliphatic carbocycles. The summed E-state index contributed by atoms with van der Waals surface area (Å²) in [5.74, 6) is 5.83. The second-order valence-corrected chi connectivity index (χ2v) is 4.36. The van der Waals surface area contributed by atoms with Crippen LogP contribution in [0.15, 0.2) is 24.4 Å². The molecular formula is C10H17N2O2+. The first-order chi connectivity index (χ1) is 6.33. The molecule has 4 heteroatoms. The summed E-state index contributed by atoms with van der Waals surface area (Å²) in [6, 6.07) is 0. The Hall–Kier alpha value is -1.13. The number of quaternary nitrogens is 1. The number of hydrogen-bond acceptors (Lipinski definition) is 3. The molecule has 1 atom stereocenters. The number of rotatable bonds is 0. The van der Waals surface area contributed by atoms with Gasteiger partial charge in [0.25, 0.3) is 0 Å². The fourth-order valence-corrected chi connectivity index (χ4v) is 1.06. The molecule has 1 unspecified atom stereocenters. The van der Waals surface area contributed by atoms with Gasteiger partial charge in [-0.2, -0.15) is 10.6 Å². The average Bonchev–Trinajstić information content (AvgIpc) is 2.02. The normalized spacial score (nSPS) is 26.3. The minimum Gasteiger partial charge on any atom is -0.413 e. The molecule has 0 aromatic carbocycles. The van der Waals surface area contributed by atoms with E-state index in [4.69, 9.17) is 10.6 Å². The van der Waals surface area contributed by atoms with E-state index in [0.29, 0.717) is 6.54 Å². The number of nitrogens with two attached hydrogens (primary N) is 1. The van der Waals surface area contributed by atoms with Gasteiger partial charge in [0.15, 0.2) is 0 Å². The summed E-state index contributed by atoms with van der Waals surface area (Å²) in [7, 11) is 0. The van der Waals surface area contributed by atoms with E-state index in [2.05, 4.69) is 0 Å². The Kier molecular flexibility index (Phi) is 2.78. The third kappa shape index (κ3) is 2.68. The Morgan fingerprint density at radius 3 is 2.50 bits per heavy atom. The molecule has 0 aromatic heterocycles. The van der Waals surface area contributed by atoms with Gasteiger partial charge in [-0.25, -0.2) is 0 Å². The number of ether oxygens (including phenoxy) is 1. The molecule has 0 spiro atoms. The molecule has 0 fully saturated rings. The monoisotopic (exact) mass is 197 g/mol. The van der Waals surface area contributed by atoms with Crippen molar-refractivity contribution in [1.82, 2.24) is 0 Å². The number of carbonyl (C=O) groups is 1. The molecule has 1 amide bonds. The molecule has 1 heterocycles. The van der Waals surface area contributed by atoms with E-state index in [-0.39, 0.29) is 4.59 Å². The SMILES string of the molecule is CC(C)(C)OC(=O)[N+]1(N)C=CC=CC1. The zero-order chi connectivity index (χ0) is 10.8. The molecule has 2 N–H and O–H groups in total. The van der Waals surface area contributed by atoms with E-state index >= 15 is 0 Å². The zero-order valence-corrected chi connectivity index (χ0v) is 8.86. The van der Waals surface area contributed by atoms with Gasteiger partial charge in [0.05, 0.1) is 0 Å². The predicted molar refractivity (Wildman–Crippen MR) is 53.8 cm³/mol. The van der Waals surface area contributed by atoms with Crippen molar-refractivity contribution in [3.63, 3.8) is 0 Å². The minimum atomic E-state index is -0.503. The molecule has 0 saturated heterocycles. The number of hydrogen-bond donors (Lipinski definition) is 1. The Morgan fingerprint density at radius 1 is 1.43 bits per heavy atom. The Labute approximate surface area is 84.2 Å². The van der Waals surface area contributed by atoms with Crippen LogP contribution in [-0.2, 0) is 4.74 Å². The van der Waals surface area contributed by atoms with Crippen LogP contribution in [-0.4, -0.2) is 22.8 Å². The smallest absolute Gasteiger partial charge is 0.413 e. The van der Waals surface area contributed by atoms with Gasteiger partial charge in [-0.15, -0.1) is 4.59 Å². The van der Waals surface area contributed by atoms with E-state index in [1.54, 1.807) is 12.3 Å². The Bertz CT molecular complexity index is 289. The van der Waals surface area contributed by atoms with Gasteiger partial charge in [-0.1, -0.05) is 6.08 Å². The van der Waals surface area contributed by atoms with E-state index in [1.165, 1.54) is 0 Å². The van der Waals surface area contributed by atoms with Gasteiger partial charge >= 0.3 is 6.09 Å². The second kappa shape index (κ2) is 3.55. The van der Waals surface area contributed by atoms with Gasteiger partial charge in [-0.3, -0.25) is 0 Å². The number of nitrogens with zero attached hydrogens (tertiary/aromatic N) is 1. The fourth-order valence-electron chi connectivity index (χ4n) is 1.06. The molecule has 0 saturated carbocycles. The van der Waals surface area contributed by atoms with E-state index < -0.39 is 11.7 Å². The molecule has 14 heavy (non-hydrogen) atoms. The third-order valence-electron chi connectivity index (χ3n) is 1.74. The highest BCUT2D eigenvalue weighted by Crippen LogP contribution is 2.15. The summed E-state index contributed by atoms with van der Waals surface area (Å²) < 4.78 is 4.89. The van der Waals surface area contributed by atoms with Gasteiger partial charge in [-0.05, 0) is 32.9 Å². The lowest BCUT2D eigenvalue weighted by Gasteiger charge is -2.28. The van der Waals surface area contributed by atoms with Gasteiger partial charge in [0, 0.05) is 0 Å². The van der Waals surface area contributed by atoms with Gasteiger partial charge in [0.1, 0.15) is 18.3 Å². The van der Waals surface area contributed by atoms with Crippen LogP contribution in [0.1, 0.15) is 20.8 Å². The molecule has 0 aromatic rings. The molecule has 78 valence electrons. The van der Waals surface area contributed by atoms with Crippen LogP contribution in [0.2, 0.25) is 0 Å². The summed E-state index contributed by atoms with van der Waals surface area (Å²) in [5, 5.41) is 0. The minimum absolute atomic E-state index is 0.312. The van der Waals surface area contributed by atoms with Crippen LogP contribution in [0.3, 0.4) is 0 Å². The van der Waals surface area contributed by atoms with Crippen molar-refractivity contribution in [3.05, 3.63) is 24.4 Å². The first-order valence-electron chi connectivity index (χ1n) is 4.58. The van der Waals surface area contributed by atoms with E-state index in [0.717, 1.165) is 0 Å². The van der Waals surface area contributed by atoms with E-state index in [9.17, 15) is 4.79 Å². The highest BCUT2D eigenvalue weighted by molar-refractivity contribution is 5.61. The van der Waals surface area contributed by atoms with Crippen molar-refractivity contribution < 1.29 is 14.1 Å². The summed E-state index contributed by atoms with van der Waals surface area (Å²) in [4.78, 5) is 11.7. The number of carbonyl (C=O) groups excluding carboxylic acids is 1. The first kappa shape index (κ1) is 10.9. The van der Waals surface area contributed by atoms with Crippen molar-refractivity contribution >= 4 is 6.09 Å². The van der Waals surface area contributed by atoms with E-state index in [1.807, 2.05) is 32.9 Å². The fraction of sp³-hybridized carbons (Fsp3) is 0.500. The van der Waals surface area contributed by atoms with Crippen LogP contribution in [0.25, 0.3) is 0 Å². The molecular weight excluding hydrogens is 180 g/mol. The Balaban J connectivity index is 2.69. The zero-order valence-electron chi connectivity index (χ0n) is 8.86. The number of amides is 1. The van der Waals surface area contributed by atoms with Crippen LogP contribution in [0, 0.1) is 0 Å². The molecule has 1 aliphatic heterocycles. The quantitative estimate of drug-likeness (QED) is 0.365. The van der Waals surface area contributed by atoms with Crippen LogP contribution in [0.4, 0.5) is 4.79 Å². The van der Waals surface area contributed by atoms with Crippen LogP contribution in [0.5, 0.6) is 0 Å². The van der Waals surface area contributed by atoms with Crippen molar-refractivity contribution in [2.24, 2.45) is 5.84 Å². The highest BCUT2D eigenvalue weighted by atomic mass is 16.6. The molecule has 4 nitrogen and oxygen atoms in total. The number of allylic oxidation sites excluding steroid dienone is 2. The van der Waals surface area contributed by atoms with Crippen LogP contribution < -0.4 is 5.84 Å². The summed E-state index contributed by atoms with van der Waals surface area (Å²) in [6.07, 6.45) is 6.62. The maximum atomic E-state index is 11.7. The first-order valence-corrected chi connectivity index (χ1v) is 4.58. The average molecular weight is 197 g/mol. The summed E-state index contributed by atoms with van der Waals surface area (Å²) in [6.45, 7) is 5.90. The highest BCUT2D eigenvalue weighted by Gasteiger charge is 2.36. The van der Waals surface area contributed by atoms with Crippen molar-refractivity contribution in [2.75, 3.05) is 6.54 Å². The summed E-state index contributed by atoms with van der Waals surface area (Å²) in [5.41, 5.74) is -0.503. The van der Waals surface area contributed by atoms with Crippen molar-refractivity contribution in [2.45, 2.75) is 26.4 Å². The lowest BCUT2D eigenvalue weighted by Crippen LogP contribution is -2.56. The van der Waals surface area contributed by atoms with Gasteiger partial charge in [0.2, 0.25) is 0 Å². The molecule has 0 bridgehead atoms. The van der Waals surface area contributed by atoms with Crippen LogP contribution >= 0.6 is 0 Å². The summed E-state index contributed by atoms with van der Waals surface area (Å²) >= 11 is 0. The largest absolute Gasteiger partial charge is 0.541 e. The lowest BCUT2D eigenvalue weighted by atomic mass is 10.2. The molecule has 1 rings (SSSR count). The second-order valence-electron chi connectivity index (χ2n) is 4.36. The Morgan fingerprint density at radius 2 is 2.07 bits per heavy atom. The topological polar surface area (TPSA) is 52.3 Å². The molecule has 1 aliphatic rings. The predicted octanol–water partition coefficient (Wildman–Crippen LogP) is 1.70. The van der Waals surface area contributed by atoms with Crippen molar-refractivity contribution in [1.29, 1.82) is 0 Å². The third-order valence-corrected chi connectivity index (χ3v) is 1.74. The van der Waals surface area contributed by atoms with Crippen molar-refractivity contribution in [3.8, 4) is 0 Å². The molecule has 0 radical (unpaired) electrons. The lowest BCUT2D eigenvalue weighted by molar-refractivity contribution is -0.814. The van der Waals surface area contributed by atoms with Gasteiger partial charge < -0.3 is 4.74 Å². The standard InChI is InChI=1S/C10H17N2O2/c1-10(2,3)14-9(13)12(11)7-5-4-6-8-12/h4-7H,8,11H2,1-3H3/q+1. The maximum absolute atomic E-state index is 11.7.